The van der Waals surface area contributed by atoms with Crippen molar-refractivity contribution in [3.05, 3.63) is 99.6 Å². The van der Waals surface area contributed by atoms with Gasteiger partial charge in [0.15, 0.2) is 17.4 Å². The molecule has 0 saturated carbocycles. The number of benzene rings is 2. The zero-order valence-electron chi connectivity index (χ0n) is 18.9. The van der Waals surface area contributed by atoms with E-state index >= 15 is 4.39 Å². The first-order valence-electron chi connectivity index (χ1n) is 10.5. The summed E-state index contributed by atoms with van der Waals surface area (Å²) in [5, 5.41) is 14.5. The highest BCUT2D eigenvalue weighted by Gasteiger charge is 2.29. The van der Waals surface area contributed by atoms with E-state index in [-0.39, 0.29) is 34.4 Å². The Morgan fingerprint density at radius 1 is 1.23 bits per heavy atom. The number of nitrogens with zero attached hydrogens (tertiary/aromatic N) is 3. The number of rotatable bonds is 8. The topological polar surface area (TPSA) is 119 Å². The van der Waals surface area contributed by atoms with Crippen LogP contribution in [0.4, 0.5) is 4.39 Å². The number of pyridine rings is 1. The maximum Gasteiger partial charge on any atom is 0.440 e. The average Bonchev–Trinajstić information content (AvgIpc) is 3.24. The molecular formula is C24H23FN5O4S+. The first kappa shape index (κ1) is 23.9. The smallest absolute Gasteiger partial charge is 0.440 e. The highest BCUT2D eigenvalue weighted by Crippen LogP contribution is 2.35. The highest BCUT2D eigenvalue weighted by molar-refractivity contribution is 7.80. The number of halogens is 1. The van der Waals surface area contributed by atoms with E-state index in [1.807, 2.05) is 12.1 Å². The number of nitrogens with two attached hydrogens (primary N) is 1. The lowest BCUT2D eigenvalue weighted by Crippen LogP contribution is -2.38. The fourth-order valence-electron chi connectivity index (χ4n) is 3.75. The van der Waals surface area contributed by atoms with E-state index in [1.54, 1.807) is 24.3 Å². The predicted molar refractivity (Wildman–Crippen MR) is 129 cm³/mol. The summed E-state index contributed by atoms with van der Waals surface area (Å²) >= 11 is 5.02. The van der Waals surface area contributed by atoms with E-state index in [9.17, 15) is 10.0 Å². The number of nitrogens with one attached hydrogen (secondary N) is 1. The van der Waals surface area contributed by atoms with Crippen molar-refractivity contribution in [1.82, 2.24) is 14.8 Å². The van der Waals surface area contributed by atoms with Crippen molar-refractivity contribution in [3.8, 4) is 17.3 Å². The number of hydrogen-bond donors (Lipinski definition) is 3. The Morgan fingerprint density at radius 2 is 1.97 bits per heavy atom. The lowest BCUT2D eigenvalue weighted by Gasteiger charge is -2.18. The number of thiocarbonyl (C=S) groups is 1. The van der Waals surface area contributed by atoms with Crippen LogP contribution in [-0.2, 0) is 6.42 Å². The Bertz CT molecular complexity index is 1430. The Hall–Kier alpha value is -4.25. The standard InChI is InChI=1S/C24H22FN5O4S/c1-33-16-12-17(21(25)19(13-16)34-2)18(11-14-6-8-15(9-7-14)22(26)35)23-27-24(31)30(28-23)20-5-3-4-10-29(20)32/h3-10,12-13,18H,11H2,1-2H3,(H3-,26,27,28,31,32,35)/p+1. The van der Waals surface area contributed by atoms with Gasteiger partial charge in [0, 0.05) is 23.3 Å². The molecule has 2 aromatic heterocycles. The summed E-state index contributed by atoms with van der Waals surface area (Å²) in [6.07, 6.45) is 1.63. The van der Waals surface area contributed by atoms with E-state index in [4.69, 9.17) is 27.4 Å². The third-order valence-corrected chi connectivity index (χ3v) is 5.79. The van der Waals surface area contributed by atoms with Crippen LogP contribution < -0.4 is 25.6 Å². The van der Waals surface area contributed by atoms with Crippen molar-refractivity contribution in [2.45, 2.75) is 12.3 Å². The Kier molecular flexibility index (Phi) is 6.78. The van der Waals surface area contributed by atoms with Gasteiger partial charge in [-0.3, -0.25) is 4.98 Å². The molecule has 35 heavy (non-hydrogen) atoms. The number of H-pyrrole nitrogens is 1. The zero-order valence-corrected chi connectivity index (χ0v) is 19.8. The van der Waals surface area contributed by atoms with E-state index in [0.29, 0.717) is 11.3 Å². The molecule has 0 saturated heterocycles. The maximum atomic E-state index is 15.5. The lowest BCUT2D eigenvalue weighted by molar-refractivity contribution is -0.899. The fraction of sp³-hybridized carbons (Fsp3) is 0.167. The molecule has 0 radical (unpaired) electrons. The summed E-state index contributed by atoms with van der Waals surface area (Å²) in [5.74, 6) is -0.670. The van der Waals surface area contributed by atoms with Crippen LogP contribution in [0.5, 0.6) is 11.5 Å². The van der Waals surface area contributed by atoms with Gasteiger partial charge in [0.25, 0.3) is 0 Å². The van der Waals surface area contributed by atoms with Crippen LogP contribution in [0.3, 0.4) is 0 Å². The monoisotopic (exact) mass is 496 g/mol. The molecule has 11 heteroatoms. The van der Waals surface area contributed by atoms with Crippen LogP contribution in [0, 0.1) is 5.82 Å². The number of hydrogen-bond acceptors (Lipinski definition) is 6. The van der Waals surface area contributed by atoms with Gasteiger partial charge in [0.1, 0.15) is 16.9 Å². The summed E-state index contributed by atoms with van der Waals surface area (Å²) in [7, 11) is 2.82. The fourth-order valence-corrected chi connectivity index (χ4v) is 3.89. The van der Waals surface area contributed by atoms with Gasteiger partial charge in [-0.2, -0.15) is 0 Å². The highest BCUT2D eigenvalue weighted by atomic mass is 32.1. The lowest BCUT2D eigenvalue weighted by atomic mass is 9.90. The molecule has 0 amide bonds. The van der Waals surface area contributed by atoms with Crippen molar-refractivity contribution in [2.24, 2.45) is 5.73 Å². The van der Waals surface area contributed by atoms with Crippen LogP contribution in [0.1, 0.15) is 28.4 Å². The molecule has 4 rings (SSSR count). The van der Waals surface area contributed by atoms with Gasteiger partial charge in [-0.25, -0.2) is 9.18 Å². The van der Waals surface area contributed by atoms with Crippen LogP contribution in [0.25, 0.3) is 5.82 Å². The Labute approximate surface area is 205 Å². The second-order valence-electron chi connectivity index (χ2n) is 7.68. The molecule has 0 aliphatic heterocycles. The molecule has 0 spiro atoms. The van der Waals surface area contributed by atoms with Crippen molar-refractivity contribution >= 4 is 17.2 Å². The minimum absolute atomic E-state index is 0.00813. The van der Waals surface area contributed by atoms with Crippen molar-refractivity contribution in [1.29, 1.82) is 0 Å². The summed E-state index contributed by atoms with van der Waals surface area (Å²) < 4.78 is 27.8. The molecule has 4 aromatic rings. The van der Waals surface area contributed by atoms with Crippen LogP contribution in [0.2, 0.25) is 0 Å². The van der Waals surface area contributed by atoms with Gasteiger partial charge in [0.05, 0.1) is 20.1 Å². The summed E-state index contributed by atoms with van der Waals surface area (Å²) in [4.78, 5) is 15.7. The molecule has 1 unspecified atom stereocenters. The Morgan fingerprint density at radius 3 is 2.60 bits per heavy atom. The third-order valence-electron chi connectivity index (χ3n) is 5.55. The molecule has 2 heterocycles. The van der Waals surface area contributed by atoms with Crippen LogP contribution in [0.15, 0.2) is 65.6 Å². The van der Waals surface area contributed by atoms with E-state index < -0.39 is 17.4 Å². The zero-order chi connectivity index (χ0) is 25.1. The second kappa shape index (κ2) is 9.94. The predicted octanol–water partition coefficient (Wildman–Crippen LogP) is 2.25. The molecule has 2 aromatic carbocycles. The molecule has 9 nitrogen and oxygen atoms in total. The van der Waals surface area contributed by atoms with Crippen LogP contribution >= 0.6 is 12.2 Å². The second-order valence-corrected chi connectivity index (χ2v) is 8.12. The largest absolute Gasteiger partial charge is 0.497 e. The Balaban J connectivity index is 1.86. The van der Waals surface area contributed by atoms with Crippen molar-refractivity contribution < 1.29 is 23.8 Å². The van der Waals surface area contributed by atoms with Gasteiger partial charge in [-0.1, -0.05) is 47.6 Å². The number of methoxy groups -OCH3 is 2. The first-order chi connectivity index (χ1) is 16.8. The van der Waals surface area contributed by atoms with Crippen molar-refractivity contribution in [2.75, 3.05) is 14.2 Å². The van der Waals surface area contributed by atoms with Gasteiger partial charge in [-0.15, -0.1) is 0 Å². The third kappa shape index (κ3) is 4.85. The molecule has 4 N–H and O–H groups in total. The minimum atomic E-state index is -0.737. The van der Waals surface area contributed by atoms with E-state index in [1.165, 1.54) is 38.6 Å². The molecule has 0 aliphatic carbocycles. The molecule has 180 valence electrons. The van der Waals surface area contributed by atoms with Gasteiger partial charge >= 0.3 is 11.5 Å². The molecule has 0 bridgehead atoms. The average molecular weight is 497 g/mol. The SMILES string of the molecule is COc1cc(OC)c(F)c(C(Cc2ccc(C(N)=S)cc2)c2nn(-c3cccc[n+]3O)c(=O)[nH]2)c1. The first-order valence-corrected chi connectivity index (χ1v) is 10.9. The number of aromatic amines is 1. The van der Waals surface area contributed by atoms with Crippen LogP contribution in [-0.4, -0.2) is 39.2 Å². The van der Waals surface area contributed by atoms with Gasteiger partial charge in [-0.05, 0) is 33.5 Å². The van der Waals surface area contributed by atoms with Gasteiger partial charge < -0.3 is 20.4 Å². The summed E-state index contributed by atoms with van der Waals surface area (Å²) in [6, 6.07) is 14.9. The quantitative estimate of drug-likeness (QED) is 0.194. The number of aromatic nitrogens is 4. The van der Waals surface area contributed by atoms with E-state index in [0.717, 1.165) is 15.0 Å². The van der Waals surface area contributed by atoms with E-state index in [2.05, 4.69) is 10.1 Å². The minimum Gasteiger partial charge on any atom is -0.497 e. The van der Waals surface area contributed by atoms with Crippen molar-refractivity contribution in [3.63, 3.8) is 0 Å². The normalized spacial score (nSPS) is 11.7. The molecule has 1 atom stereocenters. The maximum absolute atomic E-state index is 15.5. The summed E-state index contributed by atoms with van der Waals surface area (Å²) in [5.41, 5.74) is 6.83. The molecular weight excluding hydrogens is 473 g/mol. The molecule has 0 fully saturated rings. The summed E-state index contributed by atoms with van der Waals surface area (Å²) in [6.45, 7) is 0. The number of ether oxygens (including phenoxy) is 2. The molecule has 0 aliphatic rings. The van der Waals surface area contributed by atoms with Gasteiger partial charge in [0.2, 0.25) is 0 Å².